The molecule has 8 heteroatoms. The molecule has 4 rings (SSSR count). The van der Waals surface area contributed by atoms with E-state index in [1.807, 2.05) is 26.0 Å². The molecule has 35 heavy (non-hydrogen) atoms. The SMILES string of the molecule is COc1cc(/C=N\NC(=O)c2ccc(-n3c(C)ccc3C)cc2)ccc1OC(=O)c1cccnc1. The maximum atomic E-state index is 12.5. The summed E-state index contributed by atoms with van der Waals surface area (Å²) in [5.41, 5.74) is 7.22. The Morgan fingerprint density at radius 2 is 1.69 bits per heavy atom. The highest BCUT2D eigenvalue weighted by atomic mass is 16.6. The third-order valence-corrected chi connectivity index (χ3v) is 5.33. The lowest BCUT2D eigenvalue weighted by atomic mass is 10.2. The number of rotatable bonds is 7. The van der Waals surface area contributed by atoms with Crippen molar-refractivity contribution in [3.63, 3.8) is 0 Å². The summed E-state index contributed by atoms with van der Waals surface area (Å²) >= 11 is 0. The van der Waals surface area contributed by atoms with Gasteiger partial charge in [-0.05, 0) is 86.1 Å². The summed E-state index contributed by atoms with van der Waals surface area (Å²) in [5, 5.41) is 4.03. The molecular weight excluding hydrogens is 444 g/mol. The molecule has 0 fully saturated rings. The lowest BCUT2D eigenvalue weighted by Gasteiger charge is -2.10. The number of ether oxygens (including phenoxy) is 2. The zero-order chi connectivity index (χ0) is 24.8. The van der Waals surface area contributed by atoms with Crippen LogP contribution in [0, 0.1) is 13.8 Å². The first-order chi connectivity index (χ1) is 17.0. The molecule has 0 unspecified atom stereocenters. The average molecular weight is 469 g/mol. The van der Waals surface area contributed by atoms with E-state index in [4.69, 9.17) is 9.47 Å². The second kappa shape index (κ2) is 10.5. The van der Waals surface area contributed by atoms with Crippen LogP contribution in [0.4, 0.5) is 0 Å². The summed E-state index contributed by atoms with van der Waals surface area (Å²) in [6, 6.07) is 19.6. The molecule has 2 aromatic heterocycles. The number of benzene rings is 2. The predicted molar refractivity (Wildman–Crippen MR) is 132 cm³/mol. The van der Waals surface area contributed by atoms with E-state index < -0.39 is 5.97 Å². The van der Waals surface area contributed by atoms with E-state index in [0.29, 0.717) is 22.4 Å². The quantitative estimate of drug-likeness (QED) is 0.187. The Bertz CT molecular complexity index is 1360. The fraction of sp³-hybridized carbons (Fsp3) is 0.111. The molecule has 0 aliphatic heterocycles. The van der Waals surface area contributed by atoms with Crippen LogP contribution in [0.3, 0.4) is 0 Å². The smallest absolute Gasteiger partial charge is 0.345 e. The number of amides is 1. The van der Waals surface area contributed by atoms with Crippen molar-refractivity contribution in [3.8, 4) is 17.2 Å². The van der Waals surface area contributed by atoms with E-state index in [1.54, 1.807) is 48.7 Å². The van der Waals surface area contributed by atoms with Crippen molar-refractivity contribution in [2.75, 3.05) is 7.11 Å². The van der Waals surface area contributed by atoms with Gasteiger partial charge in [-0.25, -0.2) is 10.2 Å². The number of methoxy groups -OCH3 is 1. The van der Waals surface area contributed by atoms with Gasteiger partial charge in [0.25, 0.3) is 5.91 Å². The Kier molecular flexibility index (Phi) is 7.02. The zero-order valence-corrected chi connectivity index (χ0v) is 19.6. The molecular formula is C27H24N4O4. The van der Waals surface area contributed by atoms with Gasteiger partial charge in [0.2, 0.25) is 0 Å². The Balaban J connectivity index is 1.40. The number of hydrogen-bond donors (Lipinski definition) is 1. The van der Waals surface area contributed by atoms with Crippen molar-refractivity contribution in [2.24, 2.45) is 5.10 Å². The van der Waals surface area contributed by atoms with Crippen LogP contribution in [0.25, 0.3) is 5.69 Å². The first kappa shape index (κ1) is 23.4. The largest absolute Gasteiger partial charge is 0.493 e. The molecule has 0 atom stereocenters. The van der Waals surface area contributed by atoms with Crippen LogP contribution in [0.1, 0.15) is 37.7 Å². The monoisotopic (exact) mass is 468 g/mol. The number of carbonyl (C=O) groups is 2. The van der Waals surface area contributed by atoms with Gasteiger partial charge in [0.1, 0.15) is 0 Å². The van der Waals surface area contributed by atoms with Gasteiger partial charge in [-0.3, -0.25) is 9.78 Å². The van der Waals surface area contributed by atoms with E-state index >= 15 is 0 Å². The Morgan fingerprint density at radius 1 is 0.943 bits per heavy atom. The molecule has 0 spiro atoms. The van der Waals surface area contributed by atoms with Gasteiger partial charge in [-0.1, -0.05) is 0 Å². The van der Waals surface area contributed by atoms with E-state index in [1.165, 1.54) is 19.5 Å². The Hall–Kier alpha value is -4.72. The van der Waals surface area contributed by atoms with Gasteiger partial charge in [0.05, 0.1) is 18.9 Å². The molecule has 2 heterocycles. The van der Waals surface area contributed by atoms with Crippen LogP contribution < -0.4 is 14.9 Å². The maximum Gasteiger partial charge on any atom is 0.345 e. The molecule has 0 aliphatic rings. The second-order valence-electron chi connectivity index (χ2n) is 7.74. The number of esters is 1. The summed E-state index contributed by atoms with van der Waals surface area (Å²) in [4.78, 5) is 28.7. The highest BCUT2D eigenvalue weighted by molar-refractivity contribution is 5.95. The fourth-order valence-electron chi connectivity index (χ4n) is 3.56. The van der Waals surface area contributed by atoms with Gasteiger partial charge in [0, 0.05) is 35.0 Å². The topological polar surface area (TPSA) is 94.8 Å². The minimum absolute atomic E-state index is 0.260. The zero-order valence-electron chi connectivity index (χ0n) is 19.6. The van der Waals surface area contributed by atoms with Gasteiger partial charge in [0.15, 0.2) is 11.5 Å². The van der Waals surface area contributed by atoms with Crippen LogP contribution in [-0.4, -0.2) is 34.8 Å². The summed E-state index contributed by atoms with van der Waals surface area (Å²) in [7, 11) is 1.47. The number of hydrogen-bond acceptors (Lipinski definition) is 6. The number of nitrogens with zero attached hydrogens (tertiary/aromatic N) is 3. The lowest BCUT2D eigenvalue weighted by molar-refractivity contribution is 0.0729. The third kappa shape index (κ3) is 5.44. The minimum Gasteiger partial charge on any atom is -0.493 e. The van der Waals surface area contributed by atoms with Crippen molar-refractivity contribution in [2.45, 2.75) is 13.8 Å². The summed E-state index contributed by atoms with van der Waals surface area (Å²) in [5.74, 6) is -0.263. The van der Waals surface area contributed by atoms with E-state index in [2.05, 4.69) is 32.2 Å². The van der Waals surface area contributed by atoms with Crippen molar-refractivity contribution in [1.82, 2.24) is 15.0 Å². The average Bonchev–Trinajstić information content (AvgIpc) is 3.22. The van der Waals surface area contributed by atoms with Crippen LogP contribution in [0.2, 0.25) is 0 Å². The number of carbonyl (C=O) groups excluding carboxylic acids is 2. The van der Waals surface area contributed by atoms with Crippen molar-refractivity contribution < 1.29 is 19.1 Å². The van der Waals surface area contributed by atoms with Crippen molar-refractivity contribution >= 4 is 18.1 Å². The first-order valence-corrected chi connectivity index (χ1v) is 10.9. The summed E-state index contributed by atoms with van der Waals surface area (Å²) in [6.45, 7) is 4.07. The van der Waals surface area contributed by atoms with Crippen LogP contribution in [0.5, 0.6) is 11.5 Å². The molecule has 0 bridgehead atoms. The van der Waals surface area contributed by atoms with Crippen LogP contribution >= 0.6 is 0 Å². The third-order valence-electron chi connectivity index (χ3n) is 5.33. The number of hydrazone groups is 1. The molecule has 8 nitrogen and oxygen atoms in total. The van der Waals surface area contributed by atoms with Gasteiger partial charge < -0.3 is 14.0 Å². The Morgan fingerprint density at radius 3 is 2.34 bits per heavy atom. The molecule has 0 radical (unpaired) electrons. The summed E-state index contributed by atoms with van der Waals surface area (Å²) in [6.07, 6.45) is 4.48. The number of pyridine rings is 1. The van der Waals surface area contributed by atoms with Crippen molar-refractivity contribution in [3.05, 3.63) is 107 Å². The molecule has 4 aromatic rings. The van der Waals surface area contributed by atoms with Gasteiger partial charge in [-0.15, -0.1) is 0 Å². The predicted octanol–water partition coefficient (Wildman–Crippen LogP) is 4.48. The number of aryl methyl sites for hydroxylation is 2. The molecule has 176 valence electrons. The van der Waals surface area contributed by atoms with E-state index in [9.17, 15) is 9.59 Å². The van der Waals surface area contributed by atoms with Crippen molar-refractivity contribution in [1.29, 1.82) is 0 Å². The lowest BCUT2D eigenvalue weighted by Crippen LogP contribution is -2.17. The molecule has 2 aromatic carbocycles. The maximum absolute atomic E-state index is 12.5. The van der Waals surface area contributed by atoms with Crippen LogP contribution in [-0.2, 0) is 0 Å². The summed E-state index contributed by atoms with van der Waals surface area (Å²) < 4.78 is 12.9. The molecule has 1 amide bonds. The molecule has 1 N–H and O–H groups in total. The number of aromatic nitrogens is 2. The minimum atomic E-state index is -0.543. The first-order valence-electron chi connectivity index (χ1n) is 10.9. The van der Waals surface area contributed by atoms with Crippen LogP contribution in [0.15, 0.2) is 84.2 Å². The second-order valence-corrected chi connectivity index (χ2v) is 7.74. The molecule has 0 saturated carbocycles. The standard InChI is InChI=1S/C27H24N4O4/c1-18-6-7-19(2)31(18)23-11-9-21(10-12-23)26(32)30-29-16-20-8-13-24(25(15-20)34-3)35-27(33)22-5-4-14-28-17-22/h4-17H,1-3H3,(H,30,32)/b29-16-. The van der Waals surface area contributed by atoms with Gasteiger partial charge in [-0.2, -0.15) is 5.10 Å². The molecule has 0 saturated heterocycles. The highest BCUT2D eigenvalue weighted by Crippen LogP contribution is 2.28. The van der Waals surface area contributed by atoms with E-state index in [-0.39, 0.29) is 11.7 Å². The van der Waals surface area contributed by atoms with E-state index in [0.717, 1.165) is 17.1 Å². The fourth-order valence-corrected chi connectivity index (χ4v) is 3.56. The Labute approximate surface area is 202 Å². The normalized spacial score (nSPS) is 10.8. The highest BCUT2D eigenvalue weighted by Gasteiger charge is 2.13. The molecule has 0 aliphatic carbocycles. The van der Waals surface area contributed by atoms with Gasteiger partial charge >= 0.3 is 5.97 Å². The number of nitrogens with one attached hydrogen (secondary N) is 1.